The van der Waals surface area contributed by atoms with Crippen molar-refractivity contribution in [3.8, 4) is 0 Å². The Hall–Kier alpha value is -4.48. The van der Waals surface area contributed by atoms with Gasteiger partial charge >= 0.3 is 6.03 Å². The molecule has 152 valence electrons. The zero-order valence-corrected chi connectivity index (χ0v) is 14.9. The molecule has 1 aliphatic heterocycles. The van der Waals surface area contributed by atoms with Crippen molar-refractivity contribution >= 4 is 41.3 Å². The van der Waals surface area contributed by atoms with Gasteiger partial charge in [-0.25, -0.2) is 19.5 Å². The van der Waals surface area contributed by atoms with Crippen LogP contribution in [0, 0.1) is 21.8 Å². The molecule has 2 N–H and O–H groups in total. The molecule has 5 amide bonds. The second-order valence-corrected chi connectivity index (χ2v) is 5.92. The van der Waals surface area contributed by atoms with E-state index >= 15 is 0 Å². The molecular weight excluding hydrogens is 401 g/mol. The lowest BCUT2D eigenvalue weighted by Gasteiger charge is -2.28. The van der Waals surface area contributed by atoms with Crippen LogP contribution >= 0.6 is 0 Å². The first-order valence-corrected chi connectivity index (χ1v) is 8.31. The molecule has 0 spiro atoms. The highest BCUT2D eigenvalue weighted by Gasteiger charge is 2.41. The van der Waals surface area contributed by atoms with Crippen LogP contribution in [0.4, 0.5) is 20.6 Å². The van der Waals surface area contributed by atoms with E-state index in [1.165, 1.54) is 30.3 Å². The van der Waals surface area contributed by atoms with Crippen molar-refractivity contribution < 1.29 is 28.5 Å². The number of urea groups is 1. The molecule has 12 heteroatoms. The Morgan fingerprint density at radius 2 is 1.83 bits per heavy atom. The molecule has 0 radical (unpaired) electrons. The summed E-state index contributed by atoms with van der Waals surface area (Å²) in [6.07, 6.45) is 0.793. The van der Waals surface area contributed by atoms with Gasteiger partial charge in [-0.1, -0.05) is 12.1 Å². The summed E-state index contributed by atoms with van der Waals surface area (Å²) in [6, 6.07) is 8.51. The van der Waals surface area contributed by atoms with E-state index in [9.17, 15) is 33.7 Å². The summed E-state index contributed by atoms with van der Waals surface area (Å²) >= 11 is 0. The van der Waals surface area contributed by atoms with Crippen molar-refractivity contribution in [1.82, 2.24) is 10.7 Å². The average molecular weight is 413 g/mol. The molecule has 2 aromatic rings. The third-order valence-corrected chi connectivity index (χ3v) is 4.03. The molecule has 1 unspecified atom stereocenters. The topological polar surface area (TPSA) is 151 Å². The molecule has 2 aromatic carbocycles. The summed E-state index contributed by atoms with van der Waals surface area (Å²) in [5, 5.41) is 16.1. The van der Waals surface area contributed by atoms with Gasteiger partial charge < -0.3 is 0 Å². The highest BCUT2D eigenvalue weighted by Crippen LogP contribution is 2.23. The number of imide groups is 2. The molecule has 1 fully saturated rings. The van der Waals surface area contributed by atoms with Gasteiger partial charge in [0.15, 0.2) is 5.92 Å². The number of carbonyl (C=O) groups excluding carboxylic acids is 4. The number of halogens is 1. The molecule has 1 aliphatic rings. The van der Waals surface area contributed by atoms with Crippen LogP contribution in [0.5, 0.6) is 0 Å². The highest BCUT2D eigenvalue weighted by atomic mass is 19.1. The van der Waals surface area contributed by atoms with E-state index in [-0.39, 0.29) is 16.9 Å². The smallest absolute Gasteiger partial charge is 0.276 e. The number of para-hydroxylation sites is 1. The number of hydrazone groups is 1. The van der Waals surface area contributed by atoms with Gasteiger partial charge in [-0.3, -0.25) is 29.8 Å². The van der Waals surface area contributed by atoms with Crippen molar-refractivity contribution in [2.75, 3.05) is 4.90 Å². The van der Waals surface area contributed by atoms with Gasteiger partial charge in [0.25, 0.3) is 17.5 Å². The van der Waals surface area contributed by atoms with E-state index in [1.54, 1.807) is 0 Å². The Balaban J connectivity index is 1.74. The van der Waals surface area contributed by atoms with Gasteiger partial charge in [-0.15, -0.1) is 0 Å². The minimum Gasteiger partial charge on any atom is -0.276 e. The Kier molecular flexibility index (Phi) is 5.58. The summed E-state index contributed by atoms with van der Waals surface area (Å²) in [6.45, 7) is 0. The number of hydrogen-bond donors (Lipinski definition) is 2. The van der Waals surface area contributed by atoms with Crippen LogP contribution in [0.25, 0.3) is 0 Å². The van der Waals surface area contributed by atoms with E-state index in [0.29, 0.717) is 4.90 Å². The van der Waals surface area contributed by atoms with Crippen molar-refractivity contribution in [1.29, 1.82) is 0 Å². The molecule has 30 heavy (non-hydrogen) atoms. The van der Waals surface area contributed by atoms with Crippen molar-refractivity contribution in [3.05, 3.63) is 70.0 Å². The number of nitro groups is 1. The van der Waals surface area contributed by atoms with Crippen LogP contribution in [0.3, 0.4) is 0 Å². The maximum absolute atomic E-state index is 14.0. The molecule has 11 nitrogen and oxygen atoms in total. The van der Waals surface area contributed by atoms with Crippen LogP contribution in [0.2, 0.25) is 0 Å². The molecule has 0 bridgehead atoms. The number of rotatable bonds is 5. The van der Waals surface area contributed by atoms with Gasteiger partial charge in [-0.05, 0) is 24.3 Å². The predicted molar refractivity (Wildman–Crippen MR) is 100.0 cm³/mol. The SMILES string of the molecule is O=C(NN=CC1C(=O)NC(=O)N(c2ccccc2F)C1=O)c1ccc([N+](=O)[O-])cc1. The number of nitrogens with one attached hydrogen (secondary N) is 2. The lowest BCUT2D eigenvalue weighted by atomic mass is 10.1. The Morgan fingerprint density at radius 3 is 2.47 bits per heavy atom. The summed E-state index contributed by atoms with van der Waals surface area (Å²) in [4.78, 5) is 59.0. The number of amides is 5. The van der Waals surface area contributed by atoms with E-state index in [1.807, 2.05) is 5.32 Å². The molecule has 1 heterocycles. The number of non-ortho nitro benzene ring substituents is 1. The second-order valence-electron chi connectivity index (χ2n) is 5.92. The van der Waals surface area contributed by atoms with E-state index in [4.69, 9.17) is 0 Å². The molecule has 3 rings (SSSR count). The molecule has 0 saturated carbocycles. The van der Waals surface area contributed by atoms with Crippen molar-refractivity contribution in [3.63, 3.8) is 0 Å². The summed E-state index contributed by atoms with van der Waals surface area (Å²) in [5.74, 6) is -5.25. The Bertz CT molecular complexity index is 1080. The number of nitro benzene ring substituents is 1. The third-order valence-electron chi connectivity index (χ3n) is 4.03. The summed E-state index contributed by atoms with van der Waals surface area (Å²) in [5.41, 5.74) is 1.55. The molecule has 1 atom stereocenters. The maximum Gasteiger partial charge on any atom is 0.335 e. The average Bonchev–Trinajstić information content (AvgIpc) is 2.71. The first-order valence-electron chi connectivity index (χ1n) is 8.31. The molecule has 1 saturated heterocycles. The van der Waals surface area contributed by atoms with Crippen molar-refractivity contribution in [2.24, 2.45) is 11.0 Å². The number of hydrogen-bond acceptors (Lipinski definition) is 7. The second kappa shape index (κ2) is 8.26. The number of benzene rings is 2. The Morgan fingerprint density at radius 1 is 1.17 bits per heavy atom. The normalized spacial score (nSPS) is 16.5. The first kappa shape index (κ1) is 20.3. The van der Waals surface area contributed by atoms with Gasteiger partial charge in [0.1, 0.15) is 5.82 Å². The summed E-state index contributed by atoms with van der Waals surface area (Å²) in [7, 11) is 0. The summed E-state index contributed by atoms with van der Waals surface area (Å²) < 4.78 is 14.0. The predicted octanol–water partition coefficient (Wildman–Crippen LogP) is 1.35. The molecule has 0 aromatic heterocycles. The van der Waals surface area contributed by atoms with Gasteiger partial charge in [0.2, 0.25) is 5.91 Å². The lowest BCUT2D eigenvalue weighted by Crippen LogP contribution is -2.59. The fourth-order valence-electron chi connectivity index (χ4n) is 2.55. The lowest BCUT2D eigenvalue weighted by molar-refractivity contribution is -0.384. The van der Waals surface area contributed by atoms with Crippen LogP contribution < -0.4 is 15.6 Å². The van der Waals surface area contributed by atoms with Crippen molar-refractivity contribution in [2.45, 2.75) is 0 Å². The largest absolute Gasteiger partial charge is 0.335 e. The number of barbiturate groups is 1. The van der Waals surface area contributed by atoms with Gasteiger partial charge in [0, 0.05) is 23.9 Å². The van der Waals surface area contributed by atoms with Crippen LogP contribution in [0.1, 0.15) is 10.4 Å². The third kappa shape index (κ3) is 4.01. The molecule has 0 aliphatic carbocycles. The minimum absolute atomic E-state index is 0.0420. The fourth-order valence-corrected chi connectivity index (χ4v) is 2.55. The number of nitrogens with zero attached hydrogens (tertiary/aromatic N) is 3. The number of carbonyl (C=O) groups is 4. The van der Waals surface area contributed by atoms with Gasteiger partial charge in [0.05, 0.1) is 10.6 Å². The van der Waals surface area contributed by atoms with Gasteiger partial charge in [-0.2, -0.15) is 5.10 Å². The maximum atomic E-state index is 14.0. The van der Waals surface area contributed by atoms with E-state index < -0.39 is 40.4 Å². The quantitative estimate of drug-likeness (QED) is 0.327. The van der Waals surface area contributed by atoms with E-state index in [2.05, 4.69) is 10.5 Å². The zero-order chi connectivity index (χ0) is 21.8. The monoisotopic (exact) mass is 413 g/mol. The zero-order valence-electron chi connectivity index (χ0n) is 14.9. The Labute approximate surface area is 167 Å². The molecular formula is C18H12FN5O6. The van der Waals surface area contributed by atoms with Crippen LogP contribution in [0.15, 0.2) is 53.6 Å². The van der Waals surface area contributed by atoms with Crippen LogP contribution in [-0.4, -0.2) is 34.9 Å². The van der Waals surface area contributed by atoms with E-state index in [0.717, 1.165) is 24.4 Å². The van der Waals surface area contributed by atoms with Crippen LogP contribution in [-0.2, 0) is 9.59 Å². The standard InChI is InChI=1S/C18H12FN5O6/c19-13-3-1-2-4-14(13)23-17(27)12(16(26)21-18(23)28)9-20-22-15(25)10-5-7-11(8-6-10)24(29)30/h1-9,12H,(H,22,25)(H,21,26,28). The fraction of sp³-hybridized carbons (Fsp3) is 0.0556. The highest BCUT2D eigenvalue weighted by molar-refractivity contribution is 6.32. The number of anilines is 1. The minimum atomic E-state index is -1.60. The first-order chi connectivity index (χ1) is 14.3.